The summed E-state index contributed by atoms with van der Waals surface area (Å²) in [6.45, 7) is 4.16. The predicted octanol–water partition coefficient (Wildman–Crippen LogP) is 3.94. The first kappa shape index (κ1) is 14.3. The van der Waals surface area contributed by atoms with Crippen LogP contribution in [0.15, 0.2) is 11.4 Å². The van der Waals surface area contributed by atoms with Crippen molar-refractivity contribution in [2.24, 2.45) is 0 Å². The second-order valence-electron chi connectivity index (χ2n) is 5.45. The summed E-state index contributed by atoms with van der Waals surface area (Å²) in [7, 11) is 1.91. The summed E-state index contributed by atoms with van der Waals surface area (Å²) in [5.74, 6) is 2.77. The summed E-state index contributed by atoms with van der Waals surface area (Å²) >= 11 is 1.87. The lowest BCUT2D eigenvalue weighted by molar-refractivity contribution is 0.606. The second-order valence-corrected chi connectivity index (χ2v) is 6.45. The van der Waals surface area contributed by atoms with Gasteiger partial charge in [0, 0.05) is 23.9 Å². The molecule has 5 heteroatoms. The van der Waals surface area contributed by atoms with E-state index in [4.69, 9.17) is 4.98 Å². The van der Waals surface area contributed by atoms with Crippen molar-refractivity contribution < 1.29 is 0 Å². The third-order valence-electron chi connectivity index (χ3n) is 4.11. The number of aryl methyl sites for hydroxylation is 2. The Balaban J connectivity index is 1.92. The van der Waals surface area contributed by atoms with Gasteiger partial charge in [0.05, 0.1) is 6.04 Å². The molecule has 1 unspecified atom stereocenters. The zero-order valence-corrected chi connectivity index (χ0v) is 13.7. The minimum atomic E-state index is 0.378. The fourth-order valence-corrected chi connectivity index (χ4v) is 3.89. The van der Waals surface area contributed by atoms with Crippen molar-refractivity contribution in [2.45, 2.75) is 45.6 Å². The lowest BCUT2D eigenvalue weighted by atomic mass is 9.94. The van der Waals surface area contributed by atoms with Gasteiger partial charge in [0.1, 0.15) is 17.5 Å². The Morgan fingerprint density at radius 2 is 2.14 bits per heavy atom. The number of aromatic nitrogens is 2. The number of hydrogen-bond acceptors (Lipinski definition) is 5. The zero-order valence-electron chi connectivity index (χ0n) is 12.9. The van der Waals surface area contributed by atoms with Crippen LogP contribution in [0.1, 0.15) is 47.6 Å². The van der Waals surface area contributed by atoms with Crippen LogP contribution in [0.25, 0.3) is 0 Å². The van der Waals surface area contributed by atoms with Gasteiger partial charge >= 0.3 is 0 Å². The molecule has 0 fully saturated rings. The van der Waals surface area contributed by atoms with Crippen LogP contribution in [0.3, 0.4) is 0 Å². The highest BCUT2D eigenvalue weighted by molar-refractivity contribution is 7.10. The number of thiophene rings is 1. The Hall–Kier alpha value is -1.62. The van der Waals surface area contributed by atoms with Gasteiger partial charge in [0.15, 0.2) is 0 Å². The maximum absolute atomic E-state index is 4.69. The summed E-state index contributed by atoms with van der Waals surface area (Å²) in [6, 6.07) is 2.63. The topological polar surface area (TPSA) is 49.8 Å². The third kappa shape index (κ3) is 2.75. The van der Waals surface area contributed by atoms with Crippen molar-refractivity contribution in [3.8, 4) is 0 Å². The molecule has 0 saturated heterocycles. The first-order valence-corrected chi connectivity index (χ1v) is 8.49. The number of anilines is 2. The van der Waals surface area contributed by atoms with Crippen LogP contribution in [-0.2, 0) is 12.8 Å². The molecule has 2 heterocycles. The van der Waals surface area contributed by atoms with Gasteiger partial charge < -0.3 is 10.6 Å². The van der Waals surface area contributed by atoms with E-state index in [-0.39, 0.29) is 0 Å². The Bertz CT molecular complexity index is 635. The smallest absolute Gasteiger partial charge is 0.135 e. The number of nitrogens with zero attached hydrogens (tertiary/aromatic N) is 2. The van der Waals surface area contributed by atoms with Crippen LogP contribution < -0.4 is 10.6 Å². The van der Waals surface area contributed by atoms with E-state index in [9.17, 15) is 0 Å². The molecule has 1 atom stereocenters. The molecule has 0 saturated carbocycles. The van der Waals surface area contributed by atoms with Crippen LogP contribution in [0.4, 0.5) is 11.6 Å². The fourth-order valence-electron chi connectivity index (χ4n) is 2.91. The molecule has 0 amide bonds. The molecule has 0 radical (unpaired) electrons. The van der Waals surface area contributed by atoms with Crippen LogP contribution in [0.5, 0.6) is 0 Å². The maximum atomic E-state index is 4.69. The highest BCUT2D eigenvalue weighted by Gasteiger charge is 2.22. The van der Waals surface area contributed by atoms with Gasteiger partial charge in [0.25, 0.3) is 0 Å². The molecule has 112 valence electrons. The molecule has 2 aromatic rings. The van der Waals surface area contributed by atoms with Crippen LogP contribution in [0, 0.1) is 6.92 Å². The average Bonchev–Trinajstić information content (AvgIpc) is 2.99. The van der Waals surface area contributed by atoms with Crippen LogP contribution in [0.2, 0.25) is 0 Å². The van der Waals surface area contributed by atoms with Crippen LogP contribution >= 0.6 is 11.3 Å². The SMILES string of the molecule is CCc1nc(NC)c(C)c(NC2CCCc3sccc32)n1. The predicted molar refractivity (Wildman–Crippen MR) is 89.3 cm³/mol. The van der Waals surface area contributed by atoms with Crippen molar-refractivity contribution >= 4 is 23.0 Å². The molecule has 0 aromatic carbocycles. The van der Waals surface area contributed by atoms with Gasteiger partial charge in [0.2, 0.25) is 0 Å². The Kier molecular flexibility index (Phi) is 4.10. The molecule has 0 aliphatic heterocycles. The minimum absolute atomic E-state index is 0.378. The van der Waals surface area contributed by atoms with E-state index in [1.807, 2.05) is 18.4 Å². The minimum Gasteiger partial charge on any atom is -0.373 e. The van der Waals surface area contributed by atoms with E-state index in [2.05, 4.69) is 40.9 Å². The summed E-state index contributed by atoms with van der Waals surface area (Å²) < 4.78 is 0. The molecular formula is C16H22N4S. The third-order valence-corrected chi connectivity index (χ3v) is 5.10. The summed E-state index contributed by atoms with van der Waals surface area (Å²) in [5, 5.41) is 9.03. The normalized spacial score (nSPS) is 17.4. The van der Waals surface area contributed by atoms with Crippen molar-refractivity contribution in [1.82, 2.24) is 9.97 Å². The molecule has 2 aromatic heterocycles. The van der Waals surface area contributed by atoms with E-state index < -0.39 is 0 Å². The quantitative estimate of drug-likeness (QED) is 0.898. The lowest BCUT2D eigenvalue weighted by Gasteiger charge is -2.25. The first-order chi connectivity index (χ1) is 10.2. The highest BCUT2D eigenvalue weighted by Crippen LogP contribution is 2.36. The Labute approximate surface area is 130 Å². The second kappa shape index (κ2) is 6.02. The van der Waals surface area contributed by atoms with Crippen molar-refractivity contribution in [3.63, 3.8) is 0 Å². The van der Waals surface area contributed by atoms with Gasteiger partial charge in [-0.25, -0.2) is 9.97 Å². The van der Waals surface area contributed by atoms with Crippen molar-refractivity contribution in [3.05, 3.63) is 33.3 Å². The number of nitrogens with one attached hydrogen (secondary N) is 2. The van der Waals surface area contributed by atoms with Gasteiger partial charge in [-0.3, -0.25) is 0 Å². The Morgan fingerprint density at radius 1 is 1.33 bits per heavy atom. The monoisotopic (exact) mass is 302 g/mol. The zero-order chi connectivity index (χ0) is 14.8. The molecular weight excluding hydrogens is 280 g/mol. The summed E-state index contributed by atoms with van der Waals surface area (Å²) in [6.07, 6.45) is 4.48. The molecule has 0 spiro atoms. The fraction of sp³-hybridized carbons (Fsp3) is 0.500. The van der Waals surface area contributed by atoms with E-state index >= 15 is 0 Å². The maximum Gasteiger partial charge on any atom is 0.135 e. The van der Waals surface area contributed by atoms with Gasteiger partial charge in [-0.1, -0.05) is 6.92 Å². The van der Waals surface area contributed by atoms with Crippen molar-refractivity contribution in [1.29, 1.82) is 0 Å². The molecule has 1 aliphatic carbocycles. The number of hydrogen-bond donors (Lipinski definition) is 2. The first-order valence-electron chi connectivity index (χ1n) is 7.61. The molecule has 0 bridgehead atoms. The standard InChI is InChI=1S/C16H22N4S/c1-4-14-19-15(17-3)10(2)16(20-14)18-12-6-5-7-13-11(12)8-9-21-13/h8-9,12H,4-7H2,1-3H3,(H2,17,18,19,20). The van der Waals surface area contributed by atoms with E-state index in [0.717, 1.165) is 29.4 Å². The van der Waals surface area contributed by atoms with Crippen molar-refractivity contribution in [2.75, 3.05) is 17.7 Å². The molecule has 1 aliphatic rings. The summed E-state index contributed by atoms with van der Waals surface area (Å²) in [4.78, 5) is 10.8. The van der Waals surface area contributed by atoms with Gasteiger partial charge in [-0.15, -0.1) is 11.3 Å². The van der Waals surface area contributed by atoms with Crippen LogP contribution in [-0.4, -0.2) is 17.0 Å². The lowest BCUT2D eigenvalue weighted by Crippen LogP contribution is -2.18. The van der Waals surface area contributed by atoms with E-state index in [1.54, 1.807) is 0 Å². The molecule has 21 heavy (non-hydrogen) atoms. The largest absolute Gasteiger partial charge is 0.373 e. The average molecular weight is 302 g/mol. The van der Waals surface area contributed by atoms with Gasteiger partial charge in [-0.05, 0) is 43.2 Å². The highest BCUT2D eigenvalue weighted by atomic mass is 32.1. The number of rotatable bonds is 4. The van der Waals surface area contributed by atoms with E-state index in [0.29, 0.717) is 6.04 Å². The summed E-state index contributed by atoms with van der Waals surface area (Å²) in [5.41, 5.74) is 2.55. The van der Waals surface area contributed by atoms with Gasteiger partial charge in [-0.2, -0.15) is 0 Å². The molecule has 2 N–H and O–H groups in total. The van der Waals surface area contributed by atoms with E-state index in [1.165, 1.54) is 29.7 Å². The number of fused-ring (bicyclic) bond motifs is 1. The molecule has 4 nitrogen and oxygen atoms in total. The molecule has 3 rings (SSSR count). The Morgan fingerprint density at radius 3 is 2.90 bits per heavy atom.